The van der Waals surface area contributed by atoms with Crippen molar-refractivity contribution in [2.24, 2.45) is 23.7 Å². The maximum Gasteiger partial charge on any atom is 0.210 e. The third-order valence-electron chi connectivity index (χ3n) is 10.1. The van der Waals surface area contributed by atoms with E-state index in [4.69, 9.17) is 19.2 Å². The van der Waals surface area contributed by atoms with E-state index in [1.165, 1.54) is 62.3 Å². The molecule has 0 atom stereocenters. The summed E-state index contributed by atoms with van der Waals surface area (Å²) in [5, 5.41) is 0. The first-order chi connectivity index (χ1) is 17.1. The molecule has 35 heavy (non-hydrogen) atoms. The van der Waals surface area contributed by atoms with E-state index in [1.807, 2.05) is 0 Å². The van der Waals surface area contributed by atoms with Gasteiger partial charge in [-0.05, 0) is 80.4 Å². The monoisotopic (exact) mass is 499 g/mol. The van der Waals surface area contributed by atoms with Gasteiger partial charge in [0.1, 0.15) is 12.4 Å². The van der Waals surface area contributed by atoms with Gasteiger partial charge in [0.2, 0.25) is 11.6 Å². The largest absolute Gasteiger partial charge is 0.492 e. The van der Waals surface area contributed by atoms with Crippen molar-refractivity contribution in [1.29, 1.82) is 0 Å². The van der Waals surface area contributed by atoms with Crippen LogP contribution >= 0.6 is 10.5 Å². The summed E-state index contributed by atoms with van der Waals surface area (Å²) in [6.07, 6.45) is 10.6. The third-order valence-corrected chi connectivity index (χ3v) is 11.6. The van der Waals surface area contributed by atoms with Gasteiger partial charge >= 0.3 is 0 Å². The zero-order chi connectivity index (χ0) is 23.5. The highest BCUT2D eigenvalue weighted by Crippen LogP contribution is 2.64. The van der Waals surface area contributed by atoms with Crippen LogP contribution in [0, 0.1) is 23.7 Å². The summed E-state index contributed by atoms with van der Waals surface area (Å²) in [5.41, 5.74) is 1.41. The highest BCUT2D eigenvalue weighted by atomic mass is 32.2. The number of hydrogen-bond acceptors (Lipinski definition) is 5. The van der Waals surface area contributed by atoms with Gasteiger partial charge in [-0.15, -0.1) is 0 Å². The summed E-state index contributed by atoms with van der Waals surface area (Å²) < 4.78 is 12.9. The van der Waals surface area contributed by atoms with Crippen LogP contribution in [0.3, 0.4) is 0 Å². The van der Waals surface area contributed by atoms with Gasteiger partial charge in [0, 0.05) is 55.8 Å². The second-order valence-electron chi connectivity index (χ2n) is 12.3. The minimum atomic E-state index is -0.516. The van der Waals surface area contributed by atoms with Gasteiger partial charge in [-0.2, -0.15) is 20.3 Å². The lowest BCUT2D eigenvalue weighted by molar-refractivity contribution is -0.390. The van der Waals surface area contributed by atoms with E-state index >= 15 is 0 Å². The topological polar surface area (TPSA) is 40.2 Å². The Morgan fingerprint density at radius 2 is 1.57 bits per heavy atom. The van der Waals surface area contributed by atoms with Crippen LogP contribution in [-0.2, 0) is 14.5 Å². The van der Waals surface area contributed by atoms with E-state index in [0.29, 0.717) is 28.2 Å². The number of benzene rings is 1. The van der Waals surface area contributed by atoms with Crippen molar-refractivity contribution >= 4 is 16.4 Å². The zero-order valence-corrected chi connectivity index (χ0v) is 21.8. The van der Waals surface area contributed by atoms with Crippen molar-refractivity contribution in [2.75, 3.05) is 37.7 Å². The zero-order valence-electron chi connectivity index (χ0n) is 21.0. The minimum Gasteiger partial charge on any atom is -0.492 e. The normalized spacial score (nSPS) is 43.4. The Morgan fingerprint density at radius 1 is 0.914 bits per heavy atom. The molecule has 2 heterocycles. The first-order valence-corrected chi connectivity index (χ1v) is 15.8. The third kappa shape index (κ3) is 4.31. The Balaban J connectivity index is 0.915. The van der Waals surface area contributed by atoms with Crippen molar-refractivity contribution in [1.82, 2.24) is 4.90 Å². The fraction of sp³-hybridized carbons (Fsp3) is 0.759. The smallest absolute Gasteiger partial charge is 0.210 e. The van der Waals surface area contributed by atoms with E-state index < -0.39 is 11.6 Å². The second kappa shape index (κ2) is 9.13. The molecule has 6 heteroatoms. The maximum absolute atomic E-state index is 6.89. The molecule has 192 valence electrons. The van der Waals surface area contributed by atoms with Crippen LogP contribution in [0.4, 0.5) is 0 Å². The molecule has 7 aliphatic rings. The molecular formula is C29H41NO4S. The fourth-order valence-corrected chi connectivity index (χ4v) is 9.51. The van der Waals surface area contributed by atoms with Gasteiger partial charge in [0.05, 0.1) is 0 Å². The molecule has 5 aliphatic carbocycles. The average molecular weight is 500 g/mol. The van der Waals surface area contributed by atoms with E-state index in [-0.39, 0.29) is 0 Å². The first kappa shape index (κ1) is 23.2. The van der Waals surface area contributed by atoms with Crippen molar-refractivity contribution in [2.45, 2.75) is 75.3 Å². The summed E-state index contributed by atoms with van der Waals surface area (Å²) in [7, 11) is 0.380. The van der Waals surface area contributed by atoms with Crippen LogP contribution in [0.5, 0.6) is 5.75 Å². The molecule has 2 aliphatic heterocycles. The lowest BCUT2D eigenvalue weighted by atomic mass is 9.53. The standard InChI is InChI=1S/C29H41NO4S/c1-35-14-11-30(12-15-35)10-13-31-27-4-2-23(3-5-27)24-6-8-28(9-7-24)32-29(34-33-28)25-17-21-16-22(19-25)20-26(29)18-21/h2-5,21-22,24-26H,1,6-20H2/t21?,22?,24-,25?,26?,28+,29-. The van der Waals surface area contributed by atoms with Crippen molar-refractivity contribution in [3.05, 3.63) is 29.8 Å². The summed E-state index contributed by atoms with van der Waals surface area (Å²) in [4.78, 5) is 14.8. The Hall–Kier alpha value is -0.920. The van der Waals surface area contributed by atoms with E-state index in [0.717, 1.165) is 56.4 Å². The fourth-order valence-electron chi connectivity index (χ4n) is 8.27. The lowest BCUT2D eigenvalue weighted by Crippen LogP contribution is -2.59. The van der Waals surface area contributed by atoms with Gasteiger partial charge in [0.25, 0.3) is 0 Å². The number of nitrogens with zero attached hydrogens (tertiary/aromatic N) is 1. The molecule has 0 N–H and O–H groups in total. The van der Waals surface area contributed by atoms with Gasteiger partial charge in [-0.1, -0.05) is 18.0 Å². The Bertz CT molecular complexity index is 903. The molecule has 0 amide bonds. The number of hydrogen-bond donors (Lipinski definition) is 0. The molecule has 1 aromatic carbocycles. The summed E-state index contributed by atoms with van der Waals surface area (Å²) in [5.74, 6) is 10.2. The van der Waals surface area contributed by atoms with Crippen LogP contribution in [0.2, 0.25) is 0 Å². The maximum atomic E-state index is 6.89. The quantitative estimate of drug-likeness (QED) is 0.391. The van der Waals surface area contributed by atoms with Crippen molar-refractivity contribution in [3.8, 4) is 5.75 Å². The Morgan fingerprint density at radius 3 is 2.23 bits per heavy atom. The Kier molecular flexibility index (Phi) is 6.05. The first-order valence-electron chi connectivity index (χ1n) is 14.1. The average Bonchev–Trinajstić information content (AvgIpc) is 3.24. The summed E-state index contributed by atoms with van der Waals surface area (Å²) >= 11 is 0. The molecule has 7 fully saturated rings. The van der Waals surface area contributed by atoms with E-state index in [1.54, 1.807) is 0 Å². The minimum absolute atomic E-state index is 0.380. The van der Waals surface area contributed by atoms with Gasteiger partial charge in [-0.25, -0.2) is 0 Å². The van der Waals surface area contributed by atoms with E-state index in [9.17, 15) is 0 Å². The molecule has 4 bridgehead atoms. The van der Waals surface area contributed by atoms with Gasteiger partial charge in [-0.3, -0.25) is 4.90 Å². The molecule has 0 unspecified atom stereocenters. The van der Waals surface area contributed by atoms with Crippen molar-refractivity contribution in [3.63, 3.8) is 0 Å². The van der Waals surface area contributed by atoms with Crippen LogP contribution < -0.4 is 4.74 Å². The molecular weight excluding hydrogens is 458 g/mol. The van der Waals surface area contributed by atoms with Gasteiger partial charge < -0.3 is 9.47 Å². The molecule has 5 nitrogen and oxygen atoms in total. The molecule has 0 aromatic heterocycles. The SMILES string of the molecule is C=S1CCN(CCOc2ccc([C@H]3CC[C@]4(CC3)OO[C@]3(O4)C4CC5CC(C4)CC3C5)cc2)CC1. The highest BCUT2D eigenvalue weighted by Gasteiger charge is 2.66. The predicted molar refractivity (Wildman–Crippen MR) is 140 cm³/mol. The predicted octanol–water partition coefficient (Wildman–Crippen LogP) is 5.57. The van der Waals surface area contributed by atoms with Crippen LogP contribution in [0.1, 0.15) is 69.3 Å². The lowest BCUT2D eigenvalue weighted by Gasteiger charge is -2.57. The summed E-state index contributed by atoms with van der Waals surface area (Å²) in [6.45, 7) is 4.10. The molecule has 1 aromatic rings. The van der Waals surface area contributed by atoms with Crippen LogP contribution in [0.25, 0.3) is 0 Å². The number of rotatable bonds is 5. The van der Waals surface area contributed by atoms with Crippen molar-refractivity contribution < 1.29 is 19.2 Å². The Labute approximate surface area is 212 Å². The van der Waals surface area contributed by atoms with Gasteiger partial charge in [0.15, 0.2) is 0 Å². The molecule has 0 radical (unpaired) electrons. The molecule has 2 spiro atoms. The molecule has 2 saturated heterocycles. The van der Waals surface area contributed by atoms with Crippen LogP contribution in [0.15, 0.2) is 24.3 Å². The van der Waals surface area contributed by atoms with E-state index in [2.05, 4.69) is 35.0 Å². The number of ether oxygens (including phenoxy) is 2. The molecule has 8 rings (SSSR count). The second-order valence-corrected chi connectivity index (χ2v) is 14.3. The summed E-state index contributed by atoms with van der Waals surface area (Å²) in [6, 6.07) is 8.83. The highest BCUT2D eigenvalue weighted by molar-refractivity contribution is 8.14. The molecule has 5 saturated carbocycles. The van der Waals surface area contributed by atoms with Crippen LogP contribution in [-0.4, -0.2) is 60.1 Å².